The van der Waals surface area contributed by atoms with Crippen molar-refractivity contribution in [3.63, 3.8) is 0 Å². The van der Waals surface area contributed by atoms with Crippen molar-refractivity contribution in [2.75, 3.05) is 19.6 Å². The number of rotatable bonds is 20. The molecule has 0 saturated heterocycles. The Labute approximate surface area is 199 Å². The van der Waals surface area contributed by atoms with Crippen LogP contribution in [0.5, 0.6) is 0 Å². The molecule has 4 heteroatoms. The summed E-state index contributed by atoms with van der Waals surface area (Å²) < 4.78 is 0. The number of carboxylic acid groups (broad SMARTS) is 1. The fraction of sp³-hybridized carbons (Fsp3) is 0.808. The van der Waals surface area contributed by atoms with Gasteiger partial charge in [0.15, 0.2) is 0 Å². The number of carboxylic acids is 1. The summed E-state index contributed by atoms with van der Waals surface area (Å²) >= 11 is 0. The van der Waals surface area contributed by atoms with Crippen molar-refractivity contribution in [2.45, 2.75) is 105 Å². The number of carbonyl (C=O) groups excluding carboxylic acids is 1. The van der Waals surface area contributed by atoms with Crippen LogP contribution in [-0.2, 0) is 4.79 Å². The number of aliphatic carboxylic acids is 1. The van der Waals surface area contributed by atoms with Crippen molar-refractivity contribution in [3.05, 3.63) is 24.3 Å². The quantitative estimate of drug-likeness (QED) is 0.175. The third-order valence-electron chi connectivity index (χ3n) is 5.76. The van der Waals surface area contributed by atoms with E-state index in [0.717, 1.165) is 51.6 Å². The van der Waals surface area contributed by atoms with E-state index in [9.17, 15) is 9.90 Å². The van der Waals surface area contributed by atoms with Crippen LogP contribution in [0.25, 0.3) is 0 Å². The molecule has 0 aliphatic heterocycles. The molecule has 2 atom stereocenters. The molecule has 0 radical (unpaired) electrons. The molecule has 3 nitrogen and oxygen atoms in total. The van der Waals surface area contributed by atoms with Gasteiger partial charge < -0.3 is 9.90 Å². The van der Waals surface area contributed by atoms with Gasteiger partial charge in [-0.3, -0.25) is 4.90 Å². The number of nitrogens with zero attached hydrogens (tertiary/aromatic N) is 1. The third-order valence-corrected chi connectivity index (χ3v) is 5.76. The summed E-state index contributed by atoms with van der Waals surface area (Å²) in [6.45, 7) is 10.6. The Bertz CT molecular complexity index is 405. The van der Waals surface area contributed by atoms with Crippen molar-refractivity contribution in [1.29, 1.82) is 0 Å². The Morgan fingerprint density at radius 2 is 1.20 bits per heavy atom. The molecule has 0 spiro atoms. The summed E-state index contributed by atoms with van der Waals surface area (Å²) in [5.41, 5.74) is 0. The second-order valence-corrected chi connectivity index (χ2v) is 8.52. The van der Waals surface area contributed by atoms with Gasteiger partial charge in [-0.25, -0.2) is 0 Å². The van der Waals surface area contributed by atoms with Crippen molar-refractivity contribution in [2.24, 2.45) is 11.8 Å². The molecule has 0 N–H and O–H groups in total. The van der Waals surface area contributed by atoms with Crippen LogP contribution in [0.4, 0.5) is 0 Å². The second-order valence-electron chi connectivity index (χ2n) is 8.52. The van der Waals surface area contributed by atoms with E-state index in [0.29, 0.717) is 11.8 Å². The van der Waals surface area contributed by atoms with Crippen LogP contribution in [0.2, 0.25) is 0 Å². The number of hydrogen-bond donors (Lipinski definition) is 0. The smallest absolute Gasteiger partial charge is 0.549 e. The third kappa shape index (κ3) is 19.5. The Kier molecular flexibility index (Phi) is 24.5. The molecule has 0 amide bonds. The van der Waals surface area contributed by atoms with E-state index in [1.54, 1.807) is 0 Å². The van der Waals surface area contributed by atoms with E-state index in [-0.39, 0.29) is 25.4 Å². The van der Waals surface area contributed by atoms with Crippen LogP contribution >= 0.6 is 0 Å². The van der Waals surface area contributed by atoms with Gasteiger partial charge >= 0.3 is 18.9 Å². The molecule has 2 unspecified atom stereocenters. The molecule has 0 heterocycles. The zero-order valence-electron chi connectivity index (χ0n) is 20.8. The van der Waals surface area contributed by atoms with Gasteiger partial charge in [0.1, 0.15) is 0 Å². The normalized spacial score (nSPS) is 13.8. The maximum absolute atomic E-state index is 11.3. The Morgan fingerprint density at radius 3 is 1.53 bits per heavy atom. The van der Waals surface area contributed by atoms with Gasteiger partial charge in [-0.2, -0.15) is 0 Å². The van der Waals surface area contributed by atoms with E-state index in [4.69, 9.17) is 0 Å². The molecule has 0 aromatic rings. The van der Waals surface area contributed by atoms with Crippen molar-refractivity contribution in [1.82, 2.24) is 4.90 Å². The molecule has 0 aromatic heterocycles. The first-order valence-corrected chi connectivity index (χ1v) is 12.3. The van der Waals surface area contributed by atoms with Crippen LogP contribution in [0.1, 0.15) is 105 Å². The molecule has 0 saturated carbocycles. The molecule has 0 rings (SSSR count). The van der Waals surface area contributed by atoms with Gasteiger partial charge in [0.05, 0.1) is 5.97 Å². The zero-order chi connectivity index (χ0) is 21.7. The Morgan fingerprint density at radius 1 is 0.767 bits per heavy atom. The van der Waals surface area contributed by atoms with E-state index < -0.39 is 5.97 Å². The monoisotopic (exact) mass is 413 g/mol. The second kappa shape index (κ2) is 23.2. The first-order valence-electron chi connectivity index (χ1n) is 12.3. The standard InChI is InChI=1S/C26H49NO2.Li/c1-5-9-11-13-15-17-19-24(7-3)21-27(23-26(28)29)22-25(8-4)20-18-16-14-12-10-6-2;/h15-18,24-25H,5-14,19-23H2,1-4H3,(H,28,29);/q;+1/p-1/b17-15+,18-16+;. The number of allylic oxidation sites excluding steroid dienone is 4. The zero-order valence-corrected chi connectivity index (χ0v) is 20.8. The Balaban J connectivity index is 0. The predicted molar refractivity (Wildman–Crippen MR) is 125 cm³/mol. The van der Waals surface area contributed by atoms with Gasteiger partial charge in [0.2, 0.25) is 0 Å². The van der Waals surface area contributed by atoms with E-state index >= 15 is 0 Å². The molecule has 30 heavy (non-hydrogen) atoms. The summed E-state index contributed by atoms with van der Waals surface area (Å²) in [6, 6.07) is 0. The van der Waals surface area contributed by atoms with Gasteiger partial charge in [0.25, 0.3) is 0 Å². The maximum Gasteiger partial charge on any atom is 1.00 e. The minimum atomic E-state index is -0.958. The van der Waals surface area contributed by atoms with E-state index in [1.165, 1.54) is 38.5 Å². The van der Waals surface area contributed by atoms with Crippen molar-refractivity contribution in [3.8, 4) is 0 Å². The largest absolute Gasteiger partial charge is 1.00 e. The molecule has 0 aromatic carbocycles. The molecular formula is C26H48LiNO2. The molecule has 0 bridgehead atoms. The summed E-state index contributed by atoms with van der Waals surface area (Å²) in [5.74, 6) is 0.0673. The summed E-state index contributed by atoms with van der Waals surface area (Å²) in [6.07, 6.45) is 23.4. The summed E-state index contributed by atoms with van der Waals surface area (Å²) in [7, 11) is 0. The SMILES string of the molecule is CCCCC/C=C/CC(CC)CN(CC(=O)[O-])CC(CC)C/C=C/CCCCC.[Li+]. The molecule has 0 fully saturated rings. The summed E-state index contributed by atoms with van der Waals surface area (Å²) in [4.78, 5) is 13.4. The predicted octanol–water partition coefficient (Wildman–Crippen LogP) is 3.15. The van der Waals surface area contributed by atoms with Crippen LogP contribution in [-0.4, -0.2) is 30.5 Å². The van der Waals surface area contributed by atoms with Crippen LogP contribution in [0.15, 0.2) is 24.3 Å². The van der Waals surface area contributed by atoms with E-state index in [1.807, 2.05) is 0 Å². The molecule has 0 aliphatic rings. The summed E-state index contributed by atoms with van der Waals surface area (Å²) in [5, 5.41) is 11.3. The number of unbranched alkanes of at least 4 members (excludes halogenated alkanes) is 6. The average Bonchev–Trinajstić information content (AvgIpc) is 2.70. The van der Waals surface area contributed by atoms with Crippen LogP contribution in [0.3, 0.4) is 0 Å². The minimum Gasteiger partial charge on any atom is -0.549 e. The first kappa shape index (κ1) is 31.7. The number of hydrogen-bond acceptors (Lipinski definition) is 3. The van der Waals surface area contributed by atoms with Crippen LogP contribution < -0.4 is 24.0 Å². The number of carbonyl (C=O) groups is 1. The van der Waals surface area contributed by atoms with Crippen molar-refractivity contribution < 1.29 is 28.8 Å². The van der Waals surface area contributed by atoms with Gasteiger partial charge in [-0.05, 0) is 50.4 Å². The average molecular weight is 414 g/mol. The van der Waals surface area contributed by atoms with Gasteiger partial charge in [0, 0.05) is 19.6 Å². The molecule has 170 valence electrons. The van der Waals surface area contributed by atoms with Gasteiger partial charge in [-0.15, -0.1) is 0 Å². The topological polar surface area (TPSA) is 43.4 Å². The fourth-order valence-electron chi connectivity index (χ4n) is 3.69. The van der Waals surface area contributed by atoms with Gasteiger partial charge in [-0.1, -0.05) is 90.5 Å². The fourth-order valence-corrected chi connectivity index (χ4v) is 3.69. The Hall–Kier alpha value is -0.493. The molecular weight excluding hydrogens is 365 g/mol. The maximum atomic E-state index is 11.3. The molecule has 0 aliphatic carbocycles. The first-order chi connectivity index (χ1) is 14.1. The van der Waals surface area contributed by atoms with Crippen molar-refractivity contribution >= 4 is 5.97 Å². The minimum absolute atomic E-state index is 0. The van der Waals surface area contributed by atoms with Crippen LogP contribution in [0, 0.1) is 11.8 Å². The van der Waals surface area contributed by atoms with E-state index in [2.05, 4.69) is 56.9 Å².